The Labute approximate surface area is 207 Å². The molecule has 0 aromatic carbocycles. The Morgan fingerprint density at radius 3 is 1.52 bits per heavy atom. The second kappa shape index (κ2) is 20.9. The molecule has 33 heavy (non-hydrogen) atoms. The van der Waals surface area contributed by atoms with E-state index in [0.29, 0.717) is 17.5 Å². The van der Waals surface area contributed by atoms with E-state index in [2.05, 4.69) is 31.2 Å². The molecule has 0 fully saturated rings. The molecule has 0 spiro atoms. The van der Waals surface area contributed by atoms with Crippen LogP contribution in [0.3, 0.4) is 0 Å². The second-order valence-electron chi connectivity index (χ2n) is 10.4. The van der Waals surface area contributed by atoms with Crippen molar-refractivity contribution in [1.29, 1.82) is 0 Å². The van der Waals surface area contributed by atoms with Crippen LogP contribution < -0.4 is 0 Å². The molecule has 2 atom stereocenters. The maximum Gasteiger partial charge on any atom is 0.385 e. The van der Waals surface area contributed by atoms with Gasteiger partial charge in [0.25, 0.3) is 0 Å². The van der Waals surface area contributed by atoms with Crippen molar-refractivity contribution in [3.63, 3.8) is 0 Å². The van der Waals surface area contributed by atoms with E-state index < -0.39 is 7.60 Å². The maximum atomic E-state index is 12.5. The molecule has 0 bridgehead atoms. The van der Waals surface area contributed by atoms with Crippen LogP contribution in [-0.4, -0.2) is 42.9 Å². The lowest BCUT2D eigenvalue weighted by Gasteiger charge is -2.35. The van der Waals surface area contributed by atoms with Crippen molar-refractivity contribution in [2.24, 2.45) is 0 Å². The molecule has 0 saturated carbocycles. The average molecular weight is 487 g/mol. The highest BCUT2D eigenvalue weighted by molar-refractivity contribution is 7.53. The second-order valence-corrected chi connectivity index (χ2v) is 12.4. The van der Waals surface area contributed by atoms with Gasteiger partial charge in [0.1, 0.15) is 0 Å². The number of unbranched alkanes of at least 4 members (excludes halogenated alkanes) is 13. The third-order valence-electron chi connectivity index (χ3n) is 6.23. The van der Waals surface area contributed by atoms with Crippen LogP contribution in [0.15, 0.2) is 24.3 Å². The molecule has 196 valence electrons. The van der Waals surface area contributed by atoms with Crippen molar-refractivity contribution in [3.05, 3.63) is 24.3 Å². The SMILES string of the molecule is CCCCCC=CCCCCC=CCCCCCCCCCOP(=O)(O)C(CC)[N+](C)(C)C. The highest BCUT2D eigenvalue weighted by atomic mass is 31.2. The van der Waals surface area contributed by atoms with Gasteiger partial charge in [-0.2, -0.15) is 0 Å². The monoisotopic (exact) mass is 486 g/mol. The summed E-state index contributed by atoms with van der Waals surface area (Å²) in [6, 6.07) is 0. The molecule has 0 aromatic rings. The molecule has 0 aliphatic rings. The number of hydrogen-bond donors (Lipinski definition) is 1. The molecule has 5 heteroatoms. The van der Waals surface area contributed by atoms with Crippen LogP contribution in [0.25, 0.3) is 0 Å². The summed E-state index contributed by atoms with van der Waals surface area (Å²) >= 11 is 0. The third-order valence-corrected chi connectivity index (χ3v) is 8.59. The minimum absolute atomic E-state index is 0.353. The Kier molecular flexibility index (Phi) is 20.7. The fourth-order valence-electron chi connectivity index (χ4n) is 4.25. The molecule has 0 amide bonds. The molecule has 0 aliphatic heterocycles. The fourth-order valence-corrected chi connectivity index (χ4v) is 6.15. The van der Waals surface area contributed by atoms with E-state index >= 15 is 0 Å². The topological polar surface area (TPSA) is 46.5 Å². The van der Waals surface area contributed by atoms with Gasteiger partial charge in [0.15, 0.2) is 5.78 Å². The molecule has 0 rings (SSSR count). The van der Waals surface area contributed by atoms with Gasteiger partial charge in [-0.1, -0.05) is 83.1 Å². The zero-order valence-corrected chi connectivity index (χ0v) is 23.7. The molecule has 0 aliphatic carbocycles. The quantitative estimate of drug-likeness (QED) is 0.0678. The van der Waals surface area contributed by atoms with Gasteiger partial charge < -0.3 is 13.9 Å². The Bertz CT molecular complexity index is 540. The molecule has 4 nitrogen and oxygen atoms in total. The first kappa shape index (κ1) is 32.6. The predicted molar refractivity (Wildman–Crippen MR) is 146 cm³/mol. The molecule has 2 unspecified atom stereocenters. The van der Waals surface area contributed by atoms with Gasteiger partial charge >= 0.3 is 7.60 Å². The zero-order chi connectivity index (χ0) is 24.8. The van der Waals surface area contributed by atoms with Crippen molar-refractivity contribution in [2.75, 3.05) is 27.7 Å². The normalized spacial score (nSPS) is 15.5. The first-order chi connectivity index (χ1) is 15.8. The van der Waals surface area contributed by atoms with Gasteiger partial charge in [-0.15, -0.1) is 0 Å². The van der Waals surface area contributed by atoms with Gasteiger partial charge in [-0.05, 0) is 57.8 Å². The van der Waals surface area contributed by atoms with Crippen molar-refractivity contribution >= 4 is 7.60 Å². The summed E-state index contributed by atoms with van der Waals surface area (Å²) in [5, 5.41) is 0. The highest BCUT2D eigenvalue weighted by Crippen LogP contribution is 2.51. The van der Waals surface area contributed by atoms with Crippen LogP contribution in [0.5, 0.6) is 0 Å². The van der Waals surface area contributed by atoms with Gasteiger partial charge in [0, 0.05) is 6.42 Å². The summed E-state index contributed by atoms with van der Waals surface area (Å²) < 4.78 is 18.4. The molecular weight excluding hydrogens is 429 g/mol. The maximum absolute atomic E-state index is 12.5. The largest absolute Gasteiger partial charge is 0.385 e. The van der Waals surface area contributed by atoms with Gasteiger partial charge in [-0.3, -0.25) is 4.57 Å². The fraction of sp³-hybridized carbons (Fsp3) is 0.857. The minimum atomic E-state index is -3.56. The Hall–Kier alpha value is -0.410. The number of allylic oxidation sites excluding steroid dienone is 4. The summed E-state index contributed by atoms with van der Waals surface area (Å²) in [4.78, 5) is 10.3. The van der Waals surface area contributed by atoms with Gasteiger partial charge in [0.2, 0.25) is 0 Å². The highest BCUT2D eigenvalue weighted by Gasteiger charge is 2.41. The number of quaternary nitrogens is 1. The van der Waals surface area contributed by atoms with Crippen molar-refractivity contribution in [2.45, 2.75) is 129 Å². The average Bonchev–Trinajstić information content (AvgIpc) is 2.74. The van der Waals surface area contributed by atoms with E-state index in [9.17, 15) is 9.46 Å². The van der Waals surface area contributed by atoms with Crippen LogP contribution >= 0.6 is 7.60 Å². The summed E-state index contributed by atoms with van der Waals surface area (Å²) in [7, 11) is 2.29. The number of rotatable bonds is 23. The predicted octanol–water partition coefficient (Wildman–Crippen LogP) is 9.00. The number of hydrogen-bond acceptors (Lipinski definition) is 2. The van der Waals surface area contributed by atoms with Gasteiger partial charge in [0.05, 0.1) is 27.7 Å². The Balaban J connectivity index is 3.49. The molecule has 1 N–H and O–H groups in total. The molecule has 0 aromatic heterocycles. The molecule has 0 radical (unpaired) electrons. The van der Waals surface area contributed by atoms with Crippen molar-refractivity contribution < 1.29 is 18.5 Å². The standard InChI is InChI=1S/C28H56NO3P/c1-6-8-9-10-11-12-13-14-15-16-17-18-19-20-21-22-23-24-25-26-27-32-33(30,31)28(7-2)29(3,4)5/h11-12,17-18,28H,6-10,13-16,19-27H2,1-5H3/p+1. The molecule has 0 saturated heterocycles. The minimum Gasteiger partial charge on any atom is -0.320 e. The third kappa shape index (κ3) is 19.6. The van der Waals surface area contributed by atoms with Crippen LogP contribution in [0.1, 0.15) is 123 Å². The first-order valence-corrected chi connectivity index (χ1v) is 15.5. The van der Waals surface area contributed by atoms with E-state index in [1.807, 2.05) is 28.1 Å². The van der Waals surface area contributed by atoms with E-state index in [1.54, 1.807) is 0 Å². The molecular formula is C28H57NO3P+. The van der Waals surface area contributed by atoms with E-state index in [-0.39, 0.29) is 5.78 Å². The van der Waals surface area contributed by atoms with Crippen LogP contribution in [0.4, 0.5) is 0 Å². The van der Waals surface area contributed by atoms with Crippen LogP contribution in [0.2, 0.25) is 0 Å². The molecule has 0 heterocycles. The van der Waals surface area contributed by atoms with E-state index in [0.717, 1.165) is 12.8 Å². The van der Waals surface area contributed by atoms with E-state index in [1.165, 1.54) is 89.9 Å². The van der Waals surface area contributed by atoms with Gasteiger partial charge in [-0.25, -0.2) is 0 Å². The lowest BCUT2D eigenvalue weighted by molar-refractivity contribution is -0.883. The van der Waals surface area contributed by atoms with Crippen molar-refractivity contribution in [3.8, 4) is 0 Å². The summed E-state index contributed by atoms with van der Waals surface area (Å²) in [6.07, 6.45) is 29.9. The lowest BCUT2D eigenvalue weighted by atomic mass is 10.1. The smallest absolute Gasteiger partial charge is 0.320 e. The Morgan fingerprint density at radius 2 is 1.09 bits per heavy atom. The zero-order valence-electron chi connectivity index (χ0n) is 22.8. The summed E-state index contributed by atoms with van der Waals surface area (Å²) in [5.41, 5.74) is 0. The van der Waals surface area contributed by atoms with Crippen LogP contribution in [0, 0.1) is 0 Å². The summed E-state index contributed by atoms with van der Waals surface area (Å²) in [5.74, 6) is -0.353. The van der Waals surface area contributed by atoms with Crippen molar-refractivity contribution in [1.82, 2.24) is 0 Å². The number of nitrogens with zero attached hydrogens (tertiary/aromatic N) is 1. The van der Waals surface area contributed by atoms with E-state index in [4.69, 9.17) is 4.52 Å². The lowest BCUT2D eigenvalue weighted by Crippen LogP contribution is -2.44. The van der Waals surface area contributed by atoms with Crippen LogP contribution in [-0.2, 0) is 9.09 Å². The Morgan fingerprint density at radius 1 is 0.697 bits per heavy atom. The summed E-state index contributed by atoms with van der Waals surface area (Å²) in [6.45, 7) is 4.60. The first-order valence-electron chi connectivity index (χ1n) is 13.8.